The summed E-state index contributed by atoms with van der Waals surface area (Å²) in [4.78, 5) is 16.2. The normalized spacial score (nSPS) is 11.4. The summed E-state index contributed by atoms with van der Waals surface area (Å²) < 4.78 is 8.91. The highest BCUT2D eigenvalue weighted by Gasteiger charge is 2.11. The number of hydrogen-bond donors (Lipinski definition) is 1. The number of aromatic hydroxyl groups is 1. The number of carbonyl (C=O) groups excluding carboxylic acids is 1. The average Bonchev–Trinajstić information content (AvgIpc) is 2.72. The van der Waals surface area contributed by atoms with Crippen molar-refractivity contribution < 1.29 is 14.6 Å². The highest BCUT2D eigenvalue weighted by Crippen LogP contribution is 2.35. The Morgan fingerprint density at radius 2 is 1.56 bits per heavy atom. The van der Waals surface area contributed by atoms with Gasteiger partial charge in [-0.3, -0.25) is 4.79 Å². The van der Waals surface area contributed by atoms with Crippen molar-refractivity contribution >= 4 is 75.7 Å². The zero-order valence-electron chi connectivity index (χ0n) is 18.2. The summed E-state index contributed by atoms with van der Waals surface area (Å²) in [5.74, 6) is 0.806. The topological polar surface area (TPSA) is 53.0 Å². The fourth-order valence-corrected chi connectivity index (χ4v) is 5.54. The molecule has 0 aromatic heterocycles. The Kier molecular flexibility index (Phi) is 11.2. The van der Waals surface area contributed by atoms with Crippen LogP contribution in [-0.2, 0) is 11.2 Å². The van der Waals surface area contributed by atoms with Crippen molar-refractivity contribution in [2.75, 3.05) is 40.8 Å². The molecule has 32 heavy (non-hydrogen) atoms. The number of ether oxygens (including phenoxy) is 1. The zero-order chi connectivity index (χ0) is 23.8. The van der Waals surface area contributed by atoms with Crippen LogP contribution in [0.25, 0.3) is 6.08 Å². The van der Waals surface area contributed by atoms with E-state index in [1.54, 1.807) is 30.2 Å². The van der Waals surface area contributed by atoms with Crippen molar-refractivity contribution in [2.24, 2.45) is 0 Å². The number of carbonyl (C=O) groups is 1. The van der Waals surface area contributed by atoms with Crippen molar-refractivity contribution in [3.05, 3.63) is 59.4 Å². The van der Waals surface area contributed by atoms with Gasteiger partial charge in [0.05, 0.1) is 24.5 Å². The van der Waals surface area contributed by atoms with Crippen molar-refractivity contribution in [3.63, 3.8) is 0 Å². The SMILES string of the molecule is CN(C)CCc1cc(Br)c(OCCCN(C)C(=O)/C=C/c2cc(Br)c(O)c(Br)c2)c(Br)c1. The summed E-state index contributed by atoms with van der Waals surface area (Å²) in [6.45, 7) is 2.05. The summed E-state index contributed by atoms with van der Waals surface area (Å²) >= 11 is 13.8. The van der Waals surface area contributed by atoms with E-state index in [1.165, 1.54) is 11.6 Å². The number of hydrogen-bond acceptors (Lipinski definition) is 4. The molecular formula is C23H26Br4N2O3. The first-order valence-electron chi connectivity index (χ1n) is 9.95. The van der Waals surface area contributed by atoms with Crippen molar-refractivity contribution in [3.8, 4) is 11.5 Å². The first-order valence-corrected chi connectivity index (χ1v) is 13.1. The van der Waals surface area contributed by atoms with Gasteiger partial charge in [-0.05, 0) is 132 Å². The molecule has 9 heteroatoms. The fraction of sp³-hybridized carbons (Fsp3) is 0.348. The summed E-state index contributed by atoms with van der Waals surface area (Å²) in [7, 11) is 5.88. The molecule has 2 rings (SSSR count). The number of rotatable bonds is 10. The van der Waals surface area contributed by atoms with Crippen molar-refractivity contribution in [1.29, 1.82) is 0 Å². The zero-order valence-corrected chi connectivity index (χ0v) is 24.5. The molecule has 5 nitrogen and oxygen atoms in total. The van der Waals surface area contributed by atoms with Gasteiger partial charge in [-0.2, -0.15) is 0 Å². The number of halogens is 4. The summed E-state index contributed by atoms with van der Waals surface area (Å²) in [6, 6.07) is 7.67. The largest absolute Gasteiger partial charge is 0.506 e. The first kappa shape index (κ1) is 27.4. The van der Waals surface area contributed by atoms with E-state index in [1.807, 2.05) is 0 Å². The van der Waals surface area contributed by atoms with E-state index >= 15 is 0 Å². The van der Waals surface area contributed by atoms with Crippen LogP contribution in [0.1, 0.15) is 17.5 Å². The molecule has 0 saturated carbocycles. The molecule has 0 heterocycles. The van der Waals surface area contributed by atoms with Crippen molar-refractivity contribution in [1.82, 2.24) is 9.80 Å². The summed E-state index contributed by atoms with van der Waals surface area (Å²) in [5, 5.41) is 9.78. The molecule has 174 valence electrons. The summed E-state index contributed by atoms with van der Waals surface area (Å²) in [6.07, 6.45) is 4.90. The monoisotopic (exact) mass is 694 g/mol. The van der Waals surface area contributed by atoms with Crippen LogP contribution in [-0.4, -0.2) is 61.7 Å². The van der Waals surface area contributed by atoms with E-state index < -0.39 is 0 Å². The predicted octanol–water partition coefficient (Wildman–Crippen LogP) is 6.49. The van der Waals surface area contributed by atoms with Gasteiger partial charge in [-0.15, -0.1) is 0 Å². The Balaban J connectivity index is 1.84. The predicted molar refractivity (Wildman–Crippen MR) is 144 cm³/mol. The molecule has 1 N–H and O–H groups in total. The number of phenolic OH excluding ortho intramolecular Hbond substituents is 1. The second kappa shape index (κ2) is 13.1. The van der Waals surface area contributed by atoms with Gasteiger partial charge in [0, 0.05) is 26.2 Å². The third-order valence-corrected chi connectivity index (χ3v) is 7.01. The van der Waals surface area contributed by atoms with Crippen LogP contribution in [0, 0.1) is 0 Å². The van der Waals surface area contributed by atoms with Gasteiger partial charge in [-0.25, -0.2) is 0 Å². The Morgan fingerprint density at radius 3 is 2.12 bits per heavy atom. The second-order valence-corrected chi connectivity index (χ2v) is 11.0. The molecule has 0 aliphatic carbocycles. The lowest BCUT2D eigenvalue weighted by atomic mass is 10.1. The molecule has 0 radical (unpaired) electrons. The average molecular weight is 698 g/mol. The van der Waals surface area contributed by atoms with Crippen LogP contribution in [0.15, 0.2) is 48.2 Å². The maximum absolute atomic E-state index is 12.4. The molecule has 2 aromatic carbocycles. The minimum absolute atomic E-state index is 0.0991. The number of amides is 1. The lowest BCUT2D eigenvalue weighted by Gasteiger charge is -2.17. The van der Waals surface area contributed by atoms with Gasteiger partial charge in [0.1, 0.15) is 11.5 Å². The van der Waals surface area contributed by atoms with Crippen LogP contribution in [0.5, 0.6) is 11.5 Å². The molecule has 0 bridgehead atoms. The molecular weight excluding hydrogens is 672 g/mol. The third-order valence-electron chi connectivity index (χ3n) is 4.62. The molecule has 0 spiro atoms. The van der Waals surface area contributed by atoms with E-state index in [-0.39, 0.29) is 11.7 Å². The van der Waals surface area contributed by atoms with Crippen molar-refractivity contribution in [2.45, 2.75) is 12.8 Å². The lowest BCUT2D eigenvalue weighted by molar-refractivity contribution is -0.124. The van der Waals surface area contributed by atoms with E-state index in [2.05, 4.69) is 94.8 Å². The lowest BCUT2D eigenvalue weighted by Crippen LogP contribution is -2.26. The molecule has 0 aliphatic heterocycles. The van der Waals surface area contributed by atoms with E-state index in [0.717, 1.165) is 33.2 Å². The second-order valence-electron chi connectivity index (χ2n) is 7.57. The van der Waals surface area contributed by atoms with Gasteiger partial charge in [0.2, 0.25) is 5.91 Å². The third kappa shape index (κ3) is 8.48. The molecule has 0 aliphatic rings. The fourth-order valence-electron chi connectivity index (χ4n) is 2.81. The maximum atomic E-state index is 12.4. The van der Waals surface area contributed by atoms with Gasteiger partial charge in [-0.1, -0.05) is 0 Å². The number of nitrogens with zero attached hydrogens (tertiary/aromatic N) is 2. The Bertz CT molecular complexity index is 934. The molecule has 2 aromatic rings. The summed E-state index contributed by atoms with van der Waals surface area (Å²) in [5.41, 5.74) is 2.03. The maximum Gasteiger partial charge on any atom is 0.246 e. The molecule has 0 atom stereocenters. The van der Waals surface area contributed by atoms with E-state index in [0.29, 0.717) is 28.5 Å². The molecule has 0 saturated heterocycles. The van der Waals surface area contributed by atoms with Crippen LogP contribution in [0.4, 0.5) is 0 Å². The van der Waals surface area contributed by atoms with Gasteiger partial charge < -0.3 is 19.6 Å². The first-order chi connectivity index (χ1) is 15.1. The van der Waals surface area contributed by atoms with Crippen LogP contribution < -0.4 is 4.74 Å². The van der Waals surface area contributed by atoms with Gasteiger partial charge in [0.25, 0.3) is 0 Å². The highest BCUT2D eigenvalue weighted by atomic mass is 79.9. The Morgan fingerprint density at radius 1 is 0.969 bits per heavy atom. The van der Waals surface area contributed by atoms with Crippen LogP contribution >= 0.6 is 63.7 Å². The molecule has 0 fully saturated rings. The smallest absolute Gasteiger partial charge is 0.246 e. The standard InChI is InChI=1S/C23H26Br4N2O3/c1-28(2)9-7-16-13-19(26)23(20(27)14-16)32-10-4-8-29(3)21(30)6-5-15-11-17(24)22(31)18(25)12-15/h5-6,11-14,31H,4,7-10H2,1-3H3/b6-5+. The number of likely N-dealkylation sites (N-methyl/N-ethyl adjacent to an activating group) is 2. The Hall–Kier alpha value is -0.870. The highest BCUT2D eigenvalue weighted by molar-refractivity contribution is 9.11. The van der Waals surface area contributed by atoms with Crippen LogP contribution in [0.2, 0.25) is 0 Å². The van der Waals surface area contributed by atoms with Gasteiger partial charge >= 0.3 is 0 Å². The van der Waals surface area contributed by atoms with E-state index in [9.17, 15) is 9.90 Å². The number of benzene rings is 2. The number of phenols is 1. The molecule has 0 unspecified atom stereocenters. The minimum Gasteiger partial charge on any atom is -0.506 e. The minimum atomic E-state index is -0.0991. The van der Waals surface area contributed by atoms with E-state index in [4.69, 9.17) is 4.74 Å². The van der Waals surface area contributed by atoms with Crippen LogP contribution in [0.3, 0.4) is 0 Å². The quantitative estimate of drug-likeness (QED) is 0.228. The Labute approximate surface area is 223 Å². The molecule has 1 amide bonds. The van der Waals surface area contributed by atoms with Gasteiger partial charge in [0.15, 0.2) is 0 Å².